The first-order chi connectivity index (χ1) is 35.5. The van der Waals surface area contributed by atoms with E-state index in [1.54, 1.807) is 0 Å². The molecule has 1 amide bonds. The van der Waals surface area contributed by atoms with E-state index in [1.165, 1.54) is 295 Å². The summed E-state index contributed by atoms with van der Waals surface area (Å²) in [5.74, 6) is -0.0180. The maximum atomic E-state index is 12.4. The Bertz CT molecular complexity index is 1080. The number of allylic oxidation sites excluding steroid dienone is 2. The fraction of sp³-hybridized carbons (Fsp3) is 0.939. The van der Waals surface area contributed by atoms with Crippen LogP contribution in [-0.4, -0.2) is 47.4 Å². The van der Waals surface area contributed by atoms with E-state index in [0.29, 0.717) is 25.9 Å². The Hall–Kier alpha value is -1.40. The van der Waals surface area contributed by atoms with Crippen molar-refractivity contribution in [1.29, 1.82) is 0 Å². The first kappa shape index (κ1) is 70.6. The third-order valence-electron chi connectivity index (χ3n) is 15.6. The lowest BCUT2D eigenvalue weighted by molar-refractivity contribution is -0.143. The molecule has 6 heteroatoms. The van der Waals surface area contributed by atoms with E-state index in [-0.39, 0.29) is 18.5 Å². The lowest BCUT2D eigenvalue weighted by atomic mass is 10.0. The fourth-order valence-corrected chi connectivity index (χ4v) is 10.5. The number of aliphatic hydroxyl groups excluding tert-OH is 2. The van der Waals surface area contributed by atoms with Gasteiger partial charge in [0.05, 0.1) is 25.4 Å². The van der Waals surface area contributed by atoms with Crippen LogP contribution in [0.1, 0.15) is 373 Å². The Labute approximate surface area is 450 Å². The predicted molar refractivity (Wildman–Crippen MR) is 315 cm³/mol. The second-order valence-electron chi connectivity index (χ2n) is 22.8. The average Bonchev–Trinajstić information content (AvgIpc) is 3.38. The van der Waals surface area contributed by atoms with Crippen molar-refractivity contribution in [3.8, 4) is 0 Å². The molecule has 2 atom stereocenters. The summed E-state index contributed by atoms with van der Waals surface area (Å²) in [6, 6.07) is -0.535. The first-order valence-electron chi connectivity index (χ1n) is 32.9. The molecule has 72 heavy (non-hydrogen) atoms. The Morgan fingerprint density at radius 2 is 0.653 bits per heavy atom. The number of nitrogens with one attached hydrogen (secondary N) is 1. The minimum atomic E-state index is -0.658. The van der Waals surface area contributed by atoms with Crippen LogP contribution >= 0.6 is 0 Å². The van der Waals surface area contributed by atoms with Crippen LogP contribution in [-0.2, 0) is 14.3 Å². The van der Waals surface area contributed by atoms with Crippen LogP contribution in [0.2, 0.25) is 0 Å². The molecule has 6 nitrogen and oxygen atoms in total. The highest BCUT2D eigenvalue weighted by molar-refractivity contribution is 5.76. The second-order valence-corrected chi connectivity index (χ2v) is 22.8. The number of amides is 1. The molecule has 0 aromatic rings. The smallest absolute Gasteiger partial charge is 0.305 e. The number of hydrogen-bond donors (Lipinski definition) is 3. The molecular formula is C66H129NO5. The summed E-state index contributed by atoms with van der Waals surface area (Å²) in [5, 5.41) is 23.2. The molecule has 0 saturated carbocycles. The van der Waals surface area contributed by atoms with Gasteiger partial charge >= 0.3 is 5.97 Å². The SMILES string of the molecule is CCCCCCC/C=C\CCCCCCCC(=O)OCCCCCCCCCCCCCCCCCCCCCCCCCCCCCCCCCC(=O)NC(CO)C(O)CCCCCCCCCCCC. The van der Waals surface area contributed by atoms with Gasteiger partial charge in [0.25, 0.3) is 0 Å². The highest BCUT2D eigenvalue weighted by Crippen LogP contribution is 2.19. The maximum Gasteiger partial charge on any atom is 0.305 e. The Morgan fingerprint density at radius 3 is 0.986 bits per heavy atom. The molecule has 0 aromatic heterocycles. The standard InChI is InChI=1S/C66H129NO5/c1-3-5-7-9-11-13-15-16-37-40-44-48-52-56-60-66(71)72-61-57-53-49-45-41-38-35-33-31-29-27-25-23-21-19-17-18-20-22-24-26-28-30-32-34-36-39-43-47-51-55-59-65(70)67-63(62-68)64(69)58-54-50-46-42-14-12-10-8-6-4-2/h15-16,63-64,68-69H,3-14,17-62H2,1-2H3,(H,67,70)/b16-15-. The Morgan fingerprint density at radius 1 is 0.375 bits per heavy atom. The van der Waals surface area contributed by atoms with Crippen LogP contribution in [0, 0.1) is 0 Å². The van der Waals surface area contributed by atoms with Gasteiger partial charge in [0.2, 0.25) is 5.91 Å². The molecule has 0 fully saturated rings. The molecule has 0 aliphatic rings. The molecule has 0 aliphatic heterocycles. The van der Waals surface area contributed by atoms with Crippen molar-refractivity contribution in [3.63, 3.8) is 0 Å². The molecule has 0 aromatic carbocycles. The van der Waals surface area contributed by atoms with E-state index < -0.39 is 12.1 Å². The van der Waals surface area contributed by atoms with Crippen molar-refractivity contribution in [3.05, 3.63) is 12.2 Å². The first-order valence-corrected chi connectivity index (χ1v) is 32.9. The summed E-state index contributed by atoms with van der Waals surface area (Å²) in [6.45, 7) is 4.95. The van der Waals surface area contributed by atoms with Gasteiger partial charge in [-0.2, -0.15) is 0 Å². The van der Waals surface area contributed by atoms with E-state index in [9.17, 15) is 19.8 Å². The van der Waals surface area contributed by atoms with Gasteiger partial charge in [0, 0.05) is 12.8 Å². The molecule has 3 N–H and O–H groups in total. The summed E-state index contributed by atoms with van der Waals surface area (Å²) in [5.41, 5.74) is 0. The molecule has 0 bridgehead atoms. The van der Waals surface area contributed by atoms with Gasteiger partial charge in [-0.05, 0) is 51.4 Å². The van der Waals surface area contributed by atoms with Crippen molar-refractivity contribution in [2.45, 2.75) is 386 Å². The van der Waals surface area contributed by atoms with Crippen molar-refractivity contribution in [1.82, 2.24) is 5.32 Å². The Kier molecular flexibility index (Phi) is 60.9. The molecule has 0 heterocycles. The van der Waals surface area contributed by atoms with E-state index >= 15 is 0 Å². The number of carbonyl (C=O) groups excluding carboxylic acids is 2. The van der Waals surface area contributed by atoms with E-state index in [2.05, 4.69) is 31.3 Å². The quantitative estimate of drug-likeness (QED) is 0.0320. The molecule has 0 spiro atoms. The van der Waals surface area contributed by atoms with Crippen molar-refractivity contribution >= 4 is 11.9 Å². The number of hydrogen-bond acceptors (Lipinski definition) is 5. The highest BCUT2D eigenvalue weighted by atomic mass is 16.5. The zero-order valence-corrected chi connectivity index (χ0v) is 48.9. The van der Waals surface area contributed by atoms with E-state index in [0.717, 1.165) is 44.9 Å². The van der Waals surface area contributed by atoms with Crippen LogP contribution in [0.3, 0.4) is 0 Å². The second kappa shape index (κ2) is 62.1. The third-order valence-corrected chi connectivity index (χ3v) is 15.6. The topological polar surface area (TPSA) is 95.9 Å². The van der Waals surface area contributed by atoms with Crippen molar-refractivity contribution < 1.29 is 24.5 Å². The maximum absolute atomic E-state index is 12.4. The van der Waals surface area contributed by atoms with Gasteiger partial charge in [-0.25, -0.2) is 0 Å². The summed E-state index contributed by atoms with van der Waals surface area (Å²) >= 11 is 0. The average molecular weight is 1020 g/mol. The van der Waals surface area contributed by atoms with Crippen molar-refractivity contribution in [2.24, 2.45) is 0 Å². The summed E-state index contributed by atoms with van der Waals surface area (Å²) in [4.78, 5) is 24.5. The molecular weight excluding hydrogens is 887 g/mol. The summed E-state index contributed by atoms with van der Waals surface area (Å²) in [6.07, 6.45) is 75.5. The van der Waals surface area contributed by atoms with Crippen LogP contribution in [0.5, 0.6) is 0 Å². The largest absolute Gasteiger partial charge is 0.466 e. The van der Waals surface area contributed by atoms with E-state index in [1.807, 2.05) is 0 Å². The van der Waals surface area contributed by atoms with Gasteiger partial charge < -0.3 is 20.3 Å². The van der Waals surface area contributed by atoms with Crippen LogP contribution < -0.4 is 5.32 Å². The van der Waals surface area contributed by atoms with Crippen LogP contribution in [0.25, 0.3) is 0 Å². The van der Waals surface area contributed by atoms with E-state index in [4.69, 9.17) is 4.74 Å². The molecule has 0 saturated heterocycles. The lowest BCUT2D eigenvalue weighted by Crippen LogP contribution is -2.45. The molecule has 0 radical (unpaired) electrons. The number of carbonyl (C=O) groups is 2. The molecule has 0 aliphatic carbocycles. The minimum absolute atomic E-state index is 0.0126. The zero-order chi connectivity index (χ0) is 52.2. The third kappa shape index (κ3) is 57.9. The van der Waals surface area contributed by atoms with Gasteiger partial charge in [0.1, 0.15) is 0 Å². The summed E-state index contributed by atoms with van der Waals surface area (Å²) in [7, 11) is 0. The van der Waals surface area contributed by atoms with Crippen LogP contribution in [0.4, 0.5) is 0 Å². The van der Waals surface area contributed by atoms with Gasteiger partial charge in [0.15, 0.2) is 0 Å². The normalized spacial score (nSPS) is 12.6. The fourth-order valence-electron chi connectivity index (χ4n) is 10.5. The predicted octanol–water partition coefficient (Wildman–Crippen LogP) is 20.8. The van der Waals surface area contributed by atoms with Crippen molar-refractivity contribution in [2.75, 3.05) is 13.2 Å². The van der Waals surface area contributed by atoms with Crippen LogP contribution in [0.15, 0.2) is 12.2 Å². The molecule has 2 unspecified atom stereocenters. The van der Waals surface area contributed by atoms with Gasteiger partial charge in [-0.15, -0.1) is 0 Å². The minimum Gasteiger partial charge on any atom is -0.466 e. The highest BCUT2D eigenvalue weighted by Gasteiger charge is 2.20. The number of aliphatic hydroxyl groups is 2. The number of rotatable bonds is 62. The number of ether oxygens (including phenoxy) is 1. The lowest BCUT2D eigenvalue weighted by Gasteiger charge is -2.22. The monoisotopic (exact) mass is 1020 g/mol. The van der Waals surface area contributed by atoms with Gasteiger partial charge in [-0.3, -0.25) is 9.59 Å². The number of unbranched alkanes of at least 4 members (excludes halogenated alkanes) is 49. The molecule has 428 valence electrons. The Balaban J connectivity index is 3.29. The zero-order valence-electron chi connectivity index (χ0n) is 48.9. The summed E-state index contributed by atoms with van der Waals surface area (Å²) < 4.78 is 5.49. The number of esters is 1. The van der Waals surface area contributed by atoms with Gasteiger partial charge in [-0.1, -0.05) is 321 Å². The molecule has 0 rings (SSSR count).